The number of carbonyl (C=O) groups excluding carboxylic acids is 2. The van der Waals surface area contributed by atoms with Gasteiger partial charge in [0.15, 0.2) is 0 Å². The van der Waals surface area contributed by atoms with Crippen molar-refractivity contribution in [2.75, 3.05) is 0 Å². The Morgan fingerprint density at radius 2 is 2.00 bits per heavy atom. The summed E-state index contributed by atoms with van der Waals surface area (Å²) in [5.41, 5.74) is 1.81. The largest absolute Gasteiger partial charge is 0.353 e. The zero-order valence-electron chi connectivity index (χ0n) is 14.1. The fourth-order valence-corrected chi connectivity index (χ4v) is 4.75. The Morgan fingerprint density at radius 3 is 2.72 bits per heavy atom. The topological polar surface area (TPSA) is 49.4 Å². The van der Waals surface area contributed by atoms with E-state index in [0.717, 1.165) is 28.8 Å². The predicted octanol–water partition coefficient (Wildman–Crippen LogP) is 3.89. The Balaban J connectivity index is 1.53. The van der Waals surface area contributed by atoms with Crippen molar-refractivity contribution in [3.05, 3.63) is 57.8 Å². The molecule has 0 saturated heterocycles. The smallest absolute Gasteiger partial charge is 0.255 e. The molecule has 1 aliphatic heterocycles. The summed E-state index contributed by atoms with van der Waals surface area (Å²) in [5, 5.41) is 5.16. The Hall–Kier alpha value is -2.14. The highest BCUT2D eigenvalue weighted by Gasteiger charge is 2.35. The molecule has 2 amide bonds. The lowest BCUT2D eigenvalue weighted by molar-refractivity contribution is -0.122. The minimum atomic E-state index is -0.193. The molecule has 1 N–H and O–H groups in total. The van der Waals surface area contributed by atoms with Gasteiger partial charge < -0.3 is 10.2 Å². The molecule has 1 saturated carbocycles. The van der Waals surface area contributed by atoms with E-state index in [1.165, 1.54) is 12.8 Å². The number of fused-ring (bicyclic) bond motifs is 1. The molecule has 0 spiro atoms. The number of hydrogen-bond donors (Lipinski definition) is 1. The summed E-state index contributed by atoms with van der Waals surface area (Å²) in [6.45, 7) is 0.578. The van der Waals surface area contributed by atoms with Gasteiger partial charge in [0.25, 0.3) is 5.91 Å². The van der Waals surface area contributed by atoms with Crippen LogP contribution >= 0.6 is 11.3 Å². The minimum Gasteiger partial charge on any atom is -0.353 e. The molecular formula is C20H22N2O2S. The van der Waals surface area contributed by atoms with Crippen molar-refractivity contribution in [2.24, 2.45) is 0 Å². The summed E-state index contributed by atoms with van der Waals surface area (Å²) in [4.78, 5) is 28.4. The van der Waals surface area contributed by atoms with Gasteiger partial charge in [0, 0.05) is 23.0 Å². The quantitative estimate of drug-likeness (QED) is 0.885. The van der Waals surface area contributed by atoms with Crippen molar-refractivity contribution in [3.8, 4) is 0 Å². The molecule has 2 aliphatic rings. The first-order valence-electron chi connectivity index (χ1n) is 8.94. The van der Waals surface area contributed by atoms with Crippen molar-refractivity contribution in [1.29, 1.82) is 0 Å². The average molecular weight is 354 g/mol. The molecule has 5 heteroatoms. The zero-order chi connectivity index (χ0) is 17.2. The van der Waals surface area contributed by atoms with Gasteiger partial charge in [0.05, 0.1) is 12.5 Å². The highest BCUT2D eigenvalue weighted by Crippen LogP contribution is 2.35. The fourth-order valence-electron chi connectivity index (χ4n) is 3.91. The van der Waals surface area contributed by atoms with E-state index in [4.69, 9.17) is 0 Å². The number of amides is 2. The summed E-state index contributed by atoms with van der Waals surface area (Å²) in [7, 11) is 0. The molecule has 1 aromatic heterocycles. The van der Waals surface area contributed by atoms with Crippen LogP contribution < -0.4 is 5.32 Å². The lowest BCUT2D eigenvalue weighted by Crippen LogP contribution is -2.37. The van der Waals surface area contributed by atoms with Gasteiger partial charge >= 0.3 is 0 Å². The summed E-state index contributed by atoms with van der Waals surface area (Å²) < 4.78 is 0. The van der Waals surface area contributed by atoms with Crippen LogP contribution in [0, 0.1) is 0 Å². The van der Waals surface area contributed by atoms with Gasteiger partial charge in [-0.15, -0.1) is 11.3 Å². The first-order valence-corrected chi connectivity index (χ1v) is 9.82. The van der Waals surface area contributed by atoms with Crippen LogP contribution in [0.3, 0.4) is 0 Å². The van der Waals surface area contributed by atoms with Gasteiger partial charge in [-0.1, -0.05) is 37.1 Å². The second kappa shape index (κ2) is 7.00. The molecule has 4 nitrogen and oxygen atoms in total. The Bertz CT molecular complexity index is 766. The van der Waals surface area contributed by atoms with Gasteiger partial charge in [-0.2, -0.15) is 0 Å². The van der Waals surface area contributed by atoms with Crippen LogP contribution in [0.5, 0.6) is 0 Å². The van der Waals surface area contributed by atoms with Crippen LogP contribution in [0.25, 0.3) is 0 Å². The van der Waals surface area contributed by atoms with Crippen LogP contribution in [0.4, 0.5) is 0 Å². The number of nitrogens with zero attached hydrogens (tertiary/aromatic N) is 1. The van der Waals surface area contributed by atoms with E-state index in [1.54, 1.807) is 11.3 Å². The summed E-state index contributed by atoms with van der Waals surface area (Å²) >= 11 is 1.61. The molecule has 2 aromatic rings. The SMILES string of the molecule is O=C(CC(c1cccs1)N1Cc2ccccc2C1=O)NC1CCCC1. The van der Waals surface area contributed by atoms with E-state index in [0.29, 0.717) is 19.0 Å². The fraction of sp³-hybridized carbons (Fsp3) is 0.400. The third kappa shape index (κ3) is 3.33. The number of thiophene rings is 1. The Morgan fingerprint density at radius 1 is 1.20 bits per heavy atom. The summed E-state index contributed by atoms with van der Waals surface area (Å²) in [6.07, 6.45) is 4.86. The molecule has 1 unspecified atom stereocenters. The first kappa shape index (κ1) is 16.3. The molecule has 4 rings (SSSR count). The molecule has 2 heterocycles. The van der Waals surface area contributed by atoms with Crippen LogP contribution in [0.1, 0.15) is 58.9 Å². The van der Waals surface area contributed by atoms with Crippen molar-refractivity contribution in [3.63, 3.8) is 0 Å². The number of carbonyl (C=O) groups is 2. The number of hydrogen-bond acceptors (Lipinski definition) is 3. The van der Waals surface area contributed by atoms with Crippen molar-refractivity contribution in [1.82, 2.24) is 10.2 Å². The third-order valence-corrected chi connectivity index (χ3v) is 6.17. The maximum Gasteiger partial charge on any atom is 0.255 e. The molecule has 1 fully saturated rings. The van der Waals surface area contributed by atoms with Crippen LogP contribution in [-0.4, -0.2) is 22.8 Å². The molecule has 1 atom stereocenters. The van der Waals surface area contributed by atoms with Crippen LogP contribution in [0.15, 0.2) is 41.8 Å². The lowest BCUT2D eigenvalue weighted by atomic mass is 10.1. The monoisotopic (exact) mass is 354 g/mol. The second-order valence-corrected chi connectivity index (χ2v) is 7.85. The van der Waals surface area contributed by atoms with Crippen molar-refractivity contribution in [2.45, 2.75) is 50.7 Å². The average Bonchev–Trinajstić information content (AvgIpc) is 3.35. The van der Waals surface area contributed by atoms with E-state index < -0.39 is 0 Å². The third-order valence-electron chi connectivity index (χ3n) is 5.20. The highest BCUT2D eigenvalue weighted by molar-refractivity contribution is 7.10. The van der Waals surface area contributed by atoms with E-state index in [-0.39, 0.29) is 17.9 Å². The summed E-state index contributed by atoms with van der Waals surface area (Å²) in [6, 6.07) is 11.9. The maximum atomic E-state index is 12.9. The van der Waals surface area contributed by atoms with Crippen molar-refractivity contribution >= 4 is 23.2 Å². The number of benzene rings is 1. The first-order chi connectivity index (χ1) is 12.2. The van der Waals surface area contributed by atoms with Gasteiger partial charge in [-0.05, 0) is 35.9 Å². The zero-order valence-corrected chi connectivity index (χ0v) is 14.9. The van der Waals surface area contributed by atoms with Gasteiger partial charge in [0.2, 0.25) is 5.91 Å². The normalized spacial score (nSPS) is 18.4. The van der Waals surface area contributed by atoms with Crippen molar-refractivity contribution < 1.29 is 9.59 Å². The van der Waals surface area contributed by atoms with Crippen LogP contribution in [0.2, 0.25) is 0 Å². The van der Waals surface area contributed by atoms with E-state index in [2.05, 4.69) is 5.32 Å². The van der Waals surface area contributed by atoms with Gasteiger partial charge in [-0.25, -0.2) is 0 Å². The molecular weight excluding hydrogens is 332 g/mol. The van der Waals surface area contributed by atoms with Gasteiger partial charge in [-0.3, -0.25) is 9.59 Å². The maximum absolute atomic E-state index is 12.9. The molecule has 1 aliphatic carbocycles. The Kier molecular flexibility index (Phi) is 4.57. The van der Waals surface area contributed by atoms with Gasteiger partial charge in [0.1, 0.15) is 0 Å². The lowest BCUT2D eigenvalue weighted by Gasteiger charge is -2.27. The highest BCUT2D eigenvalue weighted by atomic mass is 32.1. The summed E-state index contributed by atoms with van der Waals surface area (Å²) in [5.74, 6) is 0.0803. The predicted molar refractivity (Wildman–Crippen MR) is 98.4 cm³/mol. The second-order valence-electron chi connectivity index (χ2n) is 6.87. The molecule has 1 aromatic carbocycles. The van der Waals surface area contributed by atoms with E-state index in [1.807, 2.05) is 46.7 Å². The molecule has 25 heavy (non-hydrogen) atoms. The minimum absolute atomic E-state index is 0.0302. The molecule has 0 bridgehead atoms. The van der Waals surface area contributed by atoms with Crippen LogP contribution in [-0.2, 0) is 11.3 Å². The molecule has 130 valence electrons. The van der Waals surface area contributed by atoms with E-state index in [9.17, 15) is 9.59 Å². The van der Waals surface area contributed by atoms with E-state index >= 15 is 0 Å². The molecule has 0 radical (unpaired) electrons. The Labute approximate surface area is 151 Å². The standard InChI is InChI=1S/C20H22N2O2S/c23-19(21-15-7-2-3-8-15)12-17(18-10-5-11-25-18)22-13-14-6-1-4-9-16(14)20(22)24/h1,4-6,9-11,15,17H,2-3,7-8,12-13H2,(H,21,23). The number of rotatable bonds is 5. The number of nitrogens with one attached hydrogen (secondary N) is 1.